The van der Waals surface area contributed by atoms with E-state index in [0.29, 0.717) is 6.04 Å². The van der Waals surface area contributed by atoms with Crippen LogP contribution in [0.15, 0.2) is 0 Å². The molecule has 3 unspecified atom stereocenters. The highest BCUT2D eigenvalue weighted by atomic mass is 32.2. The van der Waals surface area contributed by atoms with Crippen LogP contribution in [0.25, 0.3) is 0 Å². The molecular weight excluding hydrogens is 122 g/mol. The van der Waals surface area contributed by atoms with Crippen LogP contribution in [0.1, 0.15) is 13.3 Å². The molecule has 1 fully saturated rings. The zero-order valence-corrected chi connectivity index (χ0v) is 6.07. The predicted octanol–water partition coefficient (Wildman–Crippen LogP) is 0.374. The minimum Gasteiger partial charge on any atom is -0.598 e. The lowest BCUT2D eigenvalue weighted by atomic mass is 10.4. The van der Waals surface area contributed by atoms with E-state index in [2.05, 4.69) is 6.92 Å². The van der Waals surface area contributed by atoms with Gasteiger partial charge in [-0.25, -0.2) is 0 Å². The highest BCUT2D eigenvalue weighted by Crippen LogP contribution is 2.23. The smallest absolute Gasteiger partial charge is 0.115 e. The van der Waals surface area contributed by atoms with Crippen LogP contribution in [0.3, 0.4) is 0 Å². The molecule has 3 heteroatoms. The lowest BCUT2D eigenvalue weighted by Gasteiger charge is -2.02. The molecule has 1 aliphatic rings. The Bertz CT molecular complexity index is 86.5. The maximum absolute atomic E-state index is 10.6. The second kappa shape index (κ2) is 2.25. The van der Waals surface area contributed by atoms with Crippen molar-refractivity contribution < 1.29 is 4.55 Å². The van der Waals surface area contributed by atoms with Crippen molar-refractivity contribution >= 4 is 11.4 Å². The Morgan fingerprint density at radius 3 is 2.62 bits per heavy atom. The molecule has 1 saturated heterocycles. The Balaban J connectivity index is 2.16. The number of hydrogen-bond donors (Lipinski definition) is 0. The molecule has 0 aliphatic carbocycles. The van der Waals surface area contributed by atoms with Crippen LogP contribution in [0, 0.1) is 0 Å². The summed E-state index contributed by atoms with van der Waals surface area (Å²) in [5, 5.41) is 0. The molecule has 8 heavy (non-hydrogen) atoms. The topological polar surface area (TPSA) is 26.1 Å². The Morgan fingerprint density at radius 2 is 2.50 bits per heavy atom. The summed E-state index contributed by atoms with van der Waals surface area (Å²) >= 11 is -0.703. The van der Waals surface area contributed by atoms with Crippen molar-refractivity contribution in [1.29, 1.82) is 0 Å². The first-order valence-electron chi connectivity index (χ1n) is 2.86. The van der Waals surface area contributed by atoms with Gasteiger partial charge in [-0.1, -0.05) is 6.92 Å². The lowest BCUT2D eigenvalue weighted by molar-refractivity contribution is 0.556. The highest BCUT2D eigenvalue weighted by Gasteiger charge is 2.40. The zero-order valence-electron chi connectivity index (χ0n) is 5.26. The molecule has 1 rings (SSSR count). The van der Waals surface area contributed by atoms with Gasteiger partial charge in [0.15, 0.2) is 0 Å². The fraction of sp³-hybridized carbons (Fsp3) is 1.00. The Morgan fingerprint density at radius 1 is 1.88 bits per heavy atom. The third-order valence-corrected chi connectivity index (χ3v) is 2.57. The normalized spacial score (nSPS) is 39.4. The average molecular weight is 133 g/mol. The molecule has 2 nitrogen and oxygen atoms in total. The molecule has 0 spiro atoms. The highest BCUT2D eigenvalue weighted by molar-refractivity contribution is 7.88. The van der Waals surface area contributed by atoms with Crippen molar-refractivity contribution in [2.75, 3.05) is 12.8 Å². The van der Waals surface area contributed by atoms with Crippen molar-refractivity contribution in [3.8, 4) is 0 Å². The van der Waals surface area contributed by atoms with E-state index in [1.165, 1.54) is 0 Å². The average Bonchev–Trinajstić information content (AvgIpc) is 2.42. The summed E-state index contributed by atoms with van der Waals surface area (Å²) in [4.78, 5) is 0. The molecule has 0 saturated carbocycles. The Labute approximate surface area is 53.2 Å². The van der Waals surface area contributed by atoms with E-state index in [-0.39, 0.29) is 0 Å². The molecule has 0 amide bonds. The first kappa shape index (κ1) is 6.39. The van der Waals surface area contributed by atoms with Crippen molar-refractivity contribution in [2.24, 2.45) is 0 Å². The fourth-order valence-corrected chi connectivity index (χ4v) is 1.76. The molecule has 0 aromatic rings. The summed E-state index contributed by atoms with van der Waals surface area (Å²) in [6.07, 6.45) is 2.87. The Kier molecular flexibility index (Phi) is 1.80. The van der Waals surface area contributed by atoms with Crippen LogP contribution in [0.2, 0.25) is 0 Å². The molecule has 0 bridgehead atoms. The summed E-state index contributed by atoms with van der Waals surface area (Å²) < 4.78 is 12.6. The van der Waals surface area contributed by atoms with Gasteiger partial charge in [0, 0.05) is 11.4 Å². The van der Waals surface area contributed by atoms with Crippen molar-refractivity contribution in [1.82, 2.24) is 4.31 Å². The molecule has 3 atom stereocenters. The molecule has 0 radical (unpaired) electrons. The van der Waals surface area contributed by atoms with E-state index in [1.54, 1.807) is 6.26 Å². The molecule has 0 N–H and O–H groups in total. The van der Waals surface area contributed by atoms with E-state index < -0.39 is 11.4 Å². The molecule has 48 valence electrons. The van der Waals surface area contributed by atoms with E-state index in [0.717, 1.165) is 13.0 Å². The van der Waals surface area contributed by atoms with Gasteiger partial charge in [-0.3, -0.25) is 0 Å². The summed E-state index contributed by atoms with van der Waals surface area (Å²) in [6, 6.07) is 0.626. The maximum Gasteiger partial charge on any atom is 0.115 e. The standard InChI is InChI=1S/C5H11NOS/c1-3-5-4-6(5)8(2)7/h5H,3-4H2,1-2H3. The van der Waals surface area contributed by atoms with E-state index in [9.17, 15) is 4.55 Å². The van der Waals surface area contributed by atoms with Crippen LogP contribution in [0.5, 0.6) is 0 Å². The van der Waals surface area contributed by atoms with Gasteiger partial charge < -0.3 is 4.55 Å². The van der Waals surface area contributed by atoms with E-state index >= 15 is 0 Å². The van der Waals surface area contributed by atoms with Gasteiger partial charge in [-0.05, 0) is 6.42 Å². The second-order valence-corrected chi connectivity index (χ2v) is 3.40. The SMILES string of the molecule is CCC1CN1[S+](C)[O-]. The van der Waals surface area contributed by atoms with Crippen molar-refractivity contribution in [3.05, 3.63) is 0 Å². The summed E-state index contributed by atoms with van der Waals surface area (Å²) in [7, 11) is 0. The predicted molar refractivity (Wildman–Crippen MR) is 34.9 cm³/mol. The largest absolute Gasteiger partial charge is 0.598 e. The van der Waals surface area contributed by atoms with Crippen LogP contribution >= 0.6 is 0 Å². The molecule has 1 aliphatic heterocycles. The summed E-state index contributed by atoms with van der Waals surface area (Å²) in [6.45, 7) is 3.16. The molecule has 0 aromatic carbocycles. The van der Waals surface area contributed by atoms with Gasteiger partial charge in [0.05, 0.1) is 12.6 Å². The van der Waals surface area contributed by atoms with Gasteiger partial charge in [0.1, 0.15) is 6.26 Å². The van der Waals surface area contributed by atoms with E-state index in [1.807, 2.05) is 4.31 Å². The van der Waals surface area contributed by atoms with E-state index in [4.69, 9.17) is 0 Å². The third-order valence-electron chi connectivity index (χ3n) is 1.47. The van der Waals surface area contributed by atoms with Crippen LogP contribution in [-0.4, -0.2) is 27.7 Å². The van der Waals surface area contributed by atoms with Gasteiger partial charge in [-0.2, -0.15) is 0 Å². The van der Waals surface area contributed by atoms with Gasteiger partial charge in [-0.15, -0.1) is 4.31 Å². The minimum atomic E-state index is -0.703. The zero-order chi connectivity index (χ0) is 6.15. The summed E-state index contributed by atoms with van der Waals surface area (Å²) in [5.74, 6) is 0. The van der Waals surface area contributed by atoms with Gasteiger partial charge in [0.2, 0.25) is 0 Å². The summed E-state index contributed by atoms with van der Waals surface area (Å²) in [5.41, 5.74) is 0. The van der Waals surface area contributed by atoms with Crippen molar-refractivity contribution in [2.45, 2.75) is 19.4 Å². The van der Waals surface area contributed by atoms with Crippen LogP contribution in [0.4, 0.5) is 0 Å². The van der Waals surface area contributed by atoms with Gasteiger partial charge in [0.25, 0.3) is 0 Å². The molecule has 1 heterocycles. The quantitative estimate of drug-likeness (QED) is 0.402. The molecule has 0 aromatic heterocycles. The number of rotatable bonds is 2. The monoisotopic (exact) mass is 133 g/mol. The van der Waals surface area contributed by atoms with Gasteiger partial charge >= 0.3 is 0 Å². The maximum atomic E-state index is 10.6. The Hall–Kier alpha value is 0.270. The third kappa shape index (κ3) is 1.16. The van der Waals surface area contributed by atoms with Crippen LogP contribution < -0.4 is 0 Å². The lowest BCUT2D eigenvalue weighted by Crippen LogP contribution is -2.10. The first-order valence-corrected chi connectivity index (χ1v) is 4.37. The molecular formula is C5H11NOS. The van der Waals surface area contributed by atoms with Crippen LogP contribution in [-0.2, 0) is 11.4 Å². The minimum absolute atomic E-state index is 0.626. The van der Waals surface area contributed by atoms with Crippen molar-refractivity contribution in [3.63, 3.8) is 0 Å². The first-order chi connectivity index (χ1) is 3.75. The fourth-order valence-electron chi connectivity index (χ4n) is 0.808. The number of nitrogens with zero attached hydrogens (tertiary/aromatic N) is 1. The second-order valence-electron chi connectivity index (χ2n) is 2.09. The number of hydrogen-bond acceptors (Lipinski definition) is 2.